The first-order chi connectivity index (χ1) is 19.2. The van der Waals surface area contributed by atoms with Crippen molar-refractivity contribution in [3.63, 3.8) is 0 Å². The number of hydrogen-bond donors (Lipinski definition) is 1. The van der Waals surface area contributed by atoms with Crippen LogP contribution in [0.3, 0.4) is 0 Å². The Kier molecular flexibility index (Phi) is 10.6. The van der Waals surface area contributed by atoms with Crippen molar-refractivity contribution in [2.24, 2.45) is 0 Å². The van der Waals surface area contributed by atoms with Crippen LogP contribution in [-0.2, 0) is 32.6 Å². The fourth-order valence-electron chi connectivity index (χ4n) is 4.59. The van der Waals surface area contributed by atoms with Gasteiger partial charge in [-0.15, -0.1) is 0 Å². The molecule has 1 N–H and O–H groups in total. The molecule has 0 bridgehead atoms. The molecule has 0 heterocycles. The maximum absolute atomic E-state index is 14.2. The Labute approximate surface area is 249 Å². The number of benzene rings is 3. The molecule has 0 saturated heterocycles. The van der Waals surface area contributed by atoms with Gasteiger partial charge >= 0.3 is 0 Å². The van der Waals surface area contributed by atoms with Crippen LogP contribution in [0.1, 0.15) is 57.2 Å². The van der Waals surface area contributed by atoms with Crippen LogP contribution in [0.4, 0.5) is 5.69 Å². The number of anilines is 1. The summed E-state index contributed by atoms with van der Waals surface area (Å²) in [7, 11) is -3.85. The minimum absolute atomic E-state index is 0.0270. The molecule has 1 atom stereocenters. The molecule has 0 fully saturated rings. The molecule has 3 rings (SSSR count). The number of hydrogen-bond acceptors (Lipinski definition) is 4. The van der Waals surface area contributed by atoms with Crippen LogP contribution in [0.2, 0.25) is 5.02 Å². The van der Waals surface area contributed by atoms with E-state index in [0.29, 0.717) is 10.7 Å². The fraction of sp³-hybridized carbons (Fsp3) is 0.375. The van der Waals surface area contributed by atoms with E-state index in [1.807, 2.05) is 77.1 Å². The van der Waals surface area contributed by atoms with E-state index < -0.39 is 34.1 Å². The summed E-state index contributed by atoms with van der Waals surface area (Å²) in [5, 5.41) is 3.57. The highest BCUT2D eigenvalue weighted by molar-refractivity contribution is 7.92. The average molecular weight is 598 g/mol. The molecule has 3 aromatic carbocycles. The zero-order valence-corrected chi connectivity index (χ0v) is 26.2. The Bertz CT molecular complexity index is 1440. The molecule has 0 spiro atoms. The number of rotatable bonds is 11. The lowest BCUT2D eigenvalue weighted by Crippen LogP contribution is -2.56. The van der Waals surface area contributed by atoms with Crippen molar-refractivity contribution in [1.29, 1.82) is 0 Å². The molecule has 0 aromatic heterocycles. The fourth-order valence-corrected chi connectivity index (χ4v) is 5.59. The third-order valence-corrected chi connectivity index (χ3v) is 7.92. The summed E-state index contributed by atoms with van der Waals surface area (Å²) < 4.78 is 27.3. The van der Waals surface area contributed by atoms with Gasteiger partial charge < -0.3 is 10.2 Å². The lowest BCUT2D eigenvalue weighted by molar-refractivity contribution is -0.140. The summed E-state index contributed by atoms with van der Waals surface area (Å²) in [6, 6.07) is 22.8. The highest BCUT2D eigenvalue weighted by atomic mass is 35.5. The first-order valence-corrected chi connectivity index (χ1v) is 15.8. The molecule has 41 heavy (non-hydrogen) atoms. The van der Waals surface area contributed by atoms with Gasteiger partial charge in [0.15, 0.2) is 0 Å². The summed E-state index contributed by atoms with van der Waals surface area (Å²) in [5.74, 6) is -0.787. The number of nitrogens with zero attached hydrogens (tertiary/aromatic N) is 2. The van der Waals surface area contributed by atoms with Crippen molar-refractivity contribution < 1.29 is 18.0 Å². The first-order valence-electron chi connectivity index (χ1n) is 13.6. The number of carbonyl (C=O) groups excluding carboxylic acids is 2. The van der Waals surface area contributed by atoms with Crippen molar-refractivity contribution in [2.75, 3.05) is 17.1 Å². The Morgan fingerprint density at radius 1 is 0.878 bits per heavy atom. The van der Waals surface area contributed by atoms with Gasteiger partial charge in [0.25, 0.3) is 0 Å². The van der Waals surface area contributed by atoms with E-state index in [0.717, 1.165) is 27.3 Å². The monoisotopic (exact) mass is 597 g/mol. The van der Waals surface area contributed by atoms with Crippen LogP contribution in [0.25, 0.3) is 0 Å². The molecule has 0 unspecified atom stereocenters. The summed E-state index contributed by atoms with van der Waals surface area (Å²) in [6.07, 6.45) is 1.35. The van der Waals surface area contributed by atoms with Gasteiger partial charge in [0.2, 0.25) is 21.8 Å². The Balaban J connectivity index is 2.11. The lowest BCUT2D eigenvalue weighted by atomic mass is 10.00. The largest absolute Gasteiger partial charge is 0.350 e. The van der Waals surface area contributed by atoms with Crippen molar-refractivity contribution in [3.8, 4) is 0 Å². The number of carbonyl (C=O) groups is 2. The molecule has 7 nitrogen and oxygen atoms in total. The number of halogens is 1. The molecule has 220 valence electrons. The van der Waals surface area contributed by atoms with Gasteiger partial charge in [0.1, 0.15) is 12.6 Å². The van der Waals surface area contributed by atoms with Crippen LogP contribution >= 0.6 is 11.6 Å². The highest BCUT2D eigenvalue weighted by Crippen LogP contribution is 2.29. The number of para-hydroxylation sites is 1. The predicted molar refractivity (Wildman–Crippen MR) is 167 cm³/mol. The molecule has 0 radical (unpaired) electrons. The molecular weight excluding hydrogens is 558 g/mol. The van der Waals surface area contributed by atoms with Gasteiger partial charge in [-0.1, -0.05) is 86.1 Å². The van der Waals surface area contributed by atoms with Crippen molar-refractivity contribution in [2.45, 2.75) is 65.1 Å². The third kappa shape index (κ3) is 9.33. The first kappa shape index (κ1) is 32.2. The average Bonchev–Trinajstić information content (AvgIpc) is 2.89. The zero-order chi connectivity index (χ0) is 30.4. The van der Waals surface area contributed by atoms with Gasteiger partial charge in [0.05, 0.1) is 11.9 Å². The second-order valence-electron chi connectivity index (χ2n) is 11.6. The topological polar surface area (TPSA) is 86.8 Å². The molecule has 2 amide bonds. The Hall–Kier alpha value is -3.36. The maximum Gasteiger partial charge on any atom is 0.244 e. The normalized spacial score (nSPS) is 12.6. The molecule has 9 heteroatoms. The van der Waals surface area contributed by atoms with Gasteiger partial charge in [-0.2, -0.15) is 0 Å². The predicted octanol–water partition coefficient (Wildman–Crippen LogP) is 5.78. The zero-order valence-electron chi connectivity index (χ0n) is 24.6. The maximum atomic E-state index is 14.2. The van der Waals surface area contributed by atoms with E-state index in [9.17, 15) is 18.0 Å². The van der Waals surface area contributed by atoms with Crippen LogP contribution in [0, 0.1) is 0 Å². The van der Waals surface area contributed by atoms with Gasteiger partial charge in [-0.3, -0.25) is 13.9 Å². The second-order valence-corrected chi connectivity index (χ2v) is 13.9. The SMILES string of the molecule is CC(C)c1ccccc1N(CC(=O)N(Cc1ccc(Cl)cc1)[C@@H](Cc1ccccc1)C(=O)NC(C)(C)C)S(C)(=O)=O. The summed E-state index contributed by atoms with van der Waals surface area (Å²) >= 11 is 6.11. The molecular formula is C32H40ClN3O4S. The second kappa shape index (κ2) is 13.5. The summed E-state index contributed by atoms with van der Waals surface area (Å²) in [6.45, 7) is 9.22. The summed E-state index contributed by atoms with van der Waals surface area (Å²) in [4.78, 5) is 29.5. The van der Waals surface area contributed by atoms with Crippen LogP contribution in [0.15, 0.2) is 78.9 Å². The third-order valence-electron chi connectivity index (χ3n) is 6.54. The van der Waals surface area contributed by atoms with Crippen molar-refractivity contribution in [1.82, 2.24) is 10.2 Å². The number of amides is 2. The van der Waals surface area contributed by atoms with Gasteiger partial charge in [-0.25, -0.2) is 8.42 Å². The number of nitrogens with one attached hydrogen (secondary N) is 1. The van der Waals surface area contributed by atoms with E-state index in [1.54, 1.807) is 36.4 Å². The minimum Gasteiger partial charge on any atom is -0.350 e. The van der Waals surface area contributed by atoms with Crippen molar-refractivity contribution >= 4 is 39.1 Å². The van der Waals surface area contributed by atoms with E-state index in [2.05, 4.69) is 5.32 Å². The lowest BCUT2D eigenvalue weighted by Gasteiger charge is -2.35. The molecule has 0 aliphatic heterocycles. The molecule has 0 aliphatic rings. The molecule has 0 saturated carbocycles. The van der Waals surface area contributed by atoms with Crippen LogP contribution in [-0.4, -0.2) is 49.5 Å². The molecule has 0 aliphatic carbocycles. The van der Waals surface area contributed by atoms with Crippen LogP contribution in [0.5, 0.6) is 0 Å². The van der Waals surface area contributed by atoms with Gasteiger partial charge in [0, 0.05) is 23.5 Å². The van der Waals surface area contributed by atoms with Crippen molar-refractivity contribution in [3.05, 3.63) is 101 Å². The Morgan fingerprint density at radius 2 is 1.46 bits per heavy atom. The minimum atomic E-state index is -3.85. The Morgan fingerprint density at radius 3 is 2.02 bits per heavy atom. The van der Waals surface area contributed by atoms with E-state index in [1.165, 1.54) is 4.90 Å². The highest BCUT2D eigenvalue weighted by Gasteiger charge is 2.34. The van der Waals surface area contributed by atoms with E-state index in [4.69, 9.17) is 11.6 Å². The van der Waals surface area contributed by atoms with Gasteiger partial charge in [-0.05, 0) is 61.6 Å². The standard InChI is InChI=1S/C32H40ClN3O4S/c1-23(2)27-14-10-11-15-28(27)36(41(6,39)40)22-30(37)35(21-25-16-18-26(33)19-17-25)29(31(38)34-32(3,4)5)20-24-12-8-7-9-13-24/h7-19,23,29H,20-22H2,1-6H3,(H,34,38)/t29-/m0/s1. The van der Waals surface area contributed by atoms with Crippen LogP contribution < -0.4 is 9.62 Å². The quantitative estimate of drug-likeness (QED) is 0.303. The van der Waals surface area contributed by atoms with E-state index >= 15 is 0 Å². The number of sulfonamides is 1. The summed E-state index contributed by atoms with van der Waals surface area (Å²) in [5.41, 5.74) is 2.35. The smallest absolute Gasteiger partial charge is 0.244 e. The van der Waals surface area contributed by atoms with E-state index in [-0.39, 0.29) is 24.8 Å². The molecule has 3 aromatic rings.